The molecule has 0 unspecified atom stereocenters. The molecule has 7 heteroatoms. The fraction of sp³-hybridized carbons (Fsp3) is 0.579. The second-order valence-corrected chi connectivity index (χ2v) is 7.42. The summed E-state index contributed by atoms with van der Waals surface area (Å²) in [6, 6.07) is 6.63. The van der Waals surface area contributed by atoms with E-state index in [-0.39, 0.29) is 41.1 Å². The molecule has 148 valence electrons. The lowest BCUT2D eigenvalue weighted by molar-refractivity contribution is -0.128. The highest BCUT2D eigenvalue weighted by Gasteiger charge is 2.27. The number of aliphatic imine (C=N–C) groups is 1. The first-order chi connectivity index (χ1) is 11.6. The van der Waals surface area contributed by atoms with Gasteiger partial charge in [0, 0.05) is 32.1 Å². The van der Waals surface area contributed by atoms with Gasteiger partial charge in [0.15, 0.2) is 5.96 Å². The number of rotatable bonds is 7. The van der Waals surface area contributed by atoms with Gasteiger partial charge in [-0.2, -0.15) is 0 Å². The van der Waals surface area contributed by atoms with Gasteiger partial charge in [-0.3, -0.25) is 9.79 Å². The Morgan fingerprint density at radius 2 is 1.73 bits per heavy atom. The van der Waals surface area contributed by atoms with E-state index >= 15 is 0 Å². The molecule has 0 fully saturated rings. The molecule has 0 atom stereocenters. The molecule has 0 bridgehead atoms. The molecule has 1 aromatic rings. The van der Waals surface area contributed by atoms with Crippen LogP contribution in [0.25, 0.3) is 0 Å². The van der Waals surface area contributed by atoms with Gasteiger partial charge in [0.05, 0.1) is 5.41 Å². The number of guanidine groups is 1. The summed E-state index contributed by atoms with van der Waals surface area (Å²) >= 11 is 0. The van der Waals surface area contributed by atoms with Gasteiger partial charge in [0.1, 0.15) is 5.82 Å². The number of carbonyl (C=O) groups excluding carboxylic acids is 1. The molecule has 0 saturated heterocycles. The first kappa shape index (κ1) is 24.6. The Hall–Kier alpha value is -1.38. The molecule has 1 amide bonds. The van der Waals surface area contributed by atoms with Crippen LogP contribution in [-0.4, -0.2) is 38.5 Å². The van der Waals surface area contributed by atoms with Crippen molar-refractivity contribution in [1.82, 2.24) is 16.0 Å². The van der Waals surface area contributed by atoms with Crippen LogP contribution < -0.4 is 16.0 Å². The van der Waals surface area contributed by atoms with Gasteiger partial charge in [0.2, 0.25) is 5.91 Å². The molecule has 1 rings (SSSR count). The number of nitrogens with one attached hydrogen (secondary N) is 3. The summed E-state index contributed by atoms with van der Waals surface area (Å²) in [7, 11) is 1.68. The largest absolute Gasteiger partial charge is 0.356 e. The maximum Gasteiger partial charge on any atom is 0.227 e. The van der Waals surface area contributed by atoms with Gasteiger partial charge in [-0.1, -0.05) is 26.0 Å². The molecule has 5 nitrogen and oxygen atoms in total. The molecular formula is C19H32FIN4O. The van der Waals surface area contributed by atoms with Crippen LogP contribution in [0.1, 0.15) is 40.2 Å². The van der Waals surface area contributed by atoms with Crippen molar-refractivity contribution in [2.45, 2.75) is 40.0 Å². The molecule has 0 aliphatic carbocycles. The van der Waals surface area contributed by atoms with E-state index < -0.39 is 5.41 Å². The maximum atomic E-state index is 13.5. The highest BCUT2D eigenvalue weighted by atomic mass is 127. The van der Waals surface area contributed by atoms with Crippen LogP contribution in [-0.2, 0) is 10.2 Å². The first-order valence-electron chi connectivity index (χ1n) is 8.61. The highest BCUT2D eigenvalue weighted by molar-refractivity contribution is 14.0. The van der Waals surface area contributed by atoms with Crippen molar-refractivity contribution >= 4 is 35.8 Å². The molecule has 0 saturated carbocycles. The summed E-state index contributed by atoms with van der Waals surface area (Å²) in [5.74, 6) is 0.372. The fourth-order valence-electron chi connectivity index (χ4n) is 2.32. The van der Waals surface area contributed by atoms with Gasteiger partial charge in [-0.25, -0.2) is 4.39 Å². The lowest BCUT2D eigenvalue weighted by Crippen LogP contribution is -2.49. The Kier molecular flexibility index (Phi) is 10.1. The number of hydrogen-bond acceptors (Lipinski definition) is 2. The molecular weight excluding hydrogens is 446 g/mol. The van der Waals surface area contributed by atoms with Gasteiger partial charge in [-0.15, -0.1) is 24.0 Å². The zero-order valence-electron chi connectivity index (χ0n) is 16.6. The standard InChI is InChI=1S/C19H31FN4O.HI/c1-7-22-16(25)19(4,5)13-24-17(21-6)23-12-18(2,3)14-9-8-10-15(20)11-14;/h8-11H,7,12-13H2,1-6H3,(H,22,25)(H2,21,23,24);1H. The SMILES string of the molecule is CCNC(=O)C(C)(C)CNC(=NC)NCC(C)(C)c1cccc(F)c1.I. The van der Waals surface area contributed by atoms with E-state index in [0.29, 0.717) is 25.6 Å². The predicted molar refractivity (Wildman–Crippen MR) is 117 cm³/mol. The monoisotopic (exact) mass is 478 g/mol. The minimum atomic E-state index is -0.550. The number of amides is 1. The van der Waals surface area contributed by atoms with Crippen molar-refractivity contribution < 1.29 is 9.18 Å². The Bertz CT molecular complexity index is 617. The summed E-state index contributed by atoms with van der Waals surface area (Å²) in [6.45, 7) is 11.4. The molecule has 1 aromatic carbocycles. The molecule has 0 aromatic heterocycles. The molecule has 0 aliphatic heterocycles. The van der Waals surface area contributed by atoms with Crippen molar-refractivity contribution in [1.29, 1.82) is 0 Å². The number of benzene rings is 1. The third kappa shape index (κ3) is 7.47. The maximum absolute atomic E-state index is 13.5. The smallest absolute Gasteiger partial charge is 0.227 e. The van der Waals surface area contributed by atoms with Gasteiger partial charge >= 0.3 is 0 Å². The summed E-state index contributed by atoms with van der Waals surface area (Å²) in [4.78, 5) is 16.3. The first-order valence-corrected chi connectivity index (χ1v) is 8.61. The van der Waals surface area contributed by atoms with Crippen LogP contribution in [0.15, 0.2) is 29.3 Å². The Morgan fingerprint density at radius 3 is 2.27 bits per heavy atom. The molecule has 0 aliphatic rings. The number of carbonyl (C=O) groups is 1. The molecule has 0 radical (unpaired) electrons. The average Bonchev–Trinajstić information content (AvgIpc) is 2.55. The van der Waals surface area contributed by atoms with Crippen LogP contribution >= 0.6 is 24.0 Å². The quantitative estimate of drug-likeness (QED) is 0.321. The number of nitrogens with zero attached hydrogens (tertiary/aromatic N) is 1. The van der Waals surface area contributed by atoms with E-state index in [1.54, 1.807) is 19.2 Å². The van der Waals surface area contributed by atoms with Gasteiger partial charge in [-0.05, 0) is 38.5 Å². The van der Waals surface area contributed by atoms with E-state index in [4.69, 9.17) is 0 Å². The van der Waals surface area contributed by atoms with Crippen LogP contribution in [0.4, 0.5) is 4.39 Å². The Balaban J connectivity index is 0.00000625. The zero-order chi connectivity index (χ0) is 19.1. The van der Waals surface area contributed by atoms with E-state index in [1.165, 1.54) is 6.07 Å². The highest BCUT2D eigenvalue weighted by Crippen LogP contribution is 2.22. The second-order valence-electron chi connectivity index (χ2n) is 7.42. The minimum Gasteiger partial charge on any atom is -0.356 e. The predicted octanol–water partition coefficient (Wildman–Crippen LogP) is 3.05. The van der Waals surface area contributed by atoms with Crippen LogP contribution in [0.2, 0.25) is 0 Å². The second kappa shape index (κ2) is 10.7. The number of halogens is 2. The van der Waals surface area contributed by atoms with Crippen LogP contribution in [0.5, 0.6) is 0 Å². The summed E-state index contributed by atoms with van der Waals surface area (Å²) in [5, 5.41) is 9.28. The average molecular weight is 478 g/mol. The van der Waals surface area contributed by atoms with Crippen molar-refractivity contribution in [3.63, 3.8) is 0 Å². The normalized spacial score (nSPS) is 12.2. The van der Waals surface area contributed by atoms with Gasteiger partial charge < -0.3 is 16.0 Å². The third-order valence-corrected chi connectivity index (χ3v) is 4.18. The van der Waals surface area contributed by atoms with E-state index in [1.807, 2.05) is 40.7 Å². The third-order valence-electron chi connectivity index (χ3n) is 4.18. The minimum absolute atomic E-state index is 0. The summed E-state index contributed by atoms with van der Waals surface area (Å²) in [6.07, 6.45) is 0. The summed E-state index contributed by atoms with van der Waals surface area (Å²) in [5.41, 5.74) is 0.0960. The lowest BCUT2D eigenvalue weighted by atomic mass is 9.84. The van der Waals surface area contributed by atoms with Gasteiger partial charge in [0.25, 0.3) is 0 Å². The topological polar surface area (TPSA) is 65.5 Å². The molecule has 0 spiro atoms. The van der Waals surface area contributed by atoms with Crippen molar-refractivity contribution in [2.75, 3.05) is 26.7 Å². The van der Waals surface area contributed by atoms with E-state index in [2.05, 4.69) is 20.9 Å². The lowest BCUT2D eigenvalue weighted by Gasteiger charge is -2.28. The van der Waals surface area contributed by atoms with E-state index in [9.17, 15) is 9.18 Å². The van der Waals surface area contributed by atoms with Crippen molar-refractivity contribution in [3.8, 4) is 0 Å². The number of hydrogen-bond donors (Lipinski definition) is 3. The van der Waals surface area contributed by atoms with Crippen LogP contribution in [0, 0.1) is 11.2 Å². The van der Waals surface area contributed by atoms with Crippen LogP contribution in [0.3, 0.4) is 0 Å². The van der Waals surface area contributed by atoms with Crippen molar-refractivity contribution in [2.24, 2.45) is 10.4 Å². The van der Waals surface area contributed by atoms with E-state index in [0.717, 1.165) is 5.56 Å². The molecule has 3 N–H and O–H groups in total. The Morgan fingerprint density at radius 1 is 1.12 bits per heavy atom. The summed E-state index contributed by atoms with van der Waals surface area (Å²) < 4.78 is 13.5. The Labute approximate surface area is 173 Å². The van der Waals surface area contributed by atoms with Crippen molar-refractivity contribution in [3.05, 3.63) is 35.6 Å². The zero-order valence-corrected chi connectivity index (χ0v) is 18.9. The molecule has 0 heterocycles. The fourth-order valence-corrected chi connectivity index (χ4v) is 2.32. The molecule has 26 heavy (non-hydrogen) atoms.